The van der Waals surface area contributed by atoms with E-state index >= 15 is 0 Å². The monoisotopic (exact) mass is 760 g/mol. The fraction of sp³-hybridized carbons (Fsp3) is 0.950. The molecule has 0 saturated heterocycles. The molecule has 5 nitrogen and oxygen atoms in total. The maximum absolute atomic E-state index is 10.1. The third-order valence-corrected chi connectivity index (χ3v) is 12.7. The predicted octanol–water partition coefficient (Wildman–Crippen LogP) is 10.3. The van der Waals surface area contributed by atoms with E-state index in [2.05, 4.69) is 46.7 Å². The van der Waals surface area contributed by atoms with Crippen LogP contribution >= 0.6 is 0 Å². The van der Waals surface area contributed by atoms with Gasteiger partial charge < -0.3 is 24.7 Å². The first kappa shape index (κ1) is 50.1. The smallest absolute Gasteiger partial charge is 0.00891 e. The first-order valence-corrected chi connectivity index (χ1v) is 24.1. The fourth-order valence-corrected chi connectivity index (χ4v) is 9.64. The number of carboxylic acids is 2. The molecule has 0 atom stereocenters. The minimum absolute atomic E-state index is 0.149. The number of carbonyl (C=O) groups excluding carboxylic acids is 2. The van der Waals surface area contributed by atoms with Crippen molar-refractivity contribution in [1.29, 1.82) is 0 Å². The molecule has 1 aliphatic carbocycles. The number of nitrogens with zero attached hydrogens (tertiary/aromatic N) is 1. The van der Waals surface area contributed by atoms with Crippen molar-refractivity contribution in [3.05, 3.63) is 0 Å². The van der Waals surface area contributed by atoms with E-state index in [1.807, 2.05) is 0 Å². The van der Waals surface area contributed by atoms with Crippen molar-refractivity contribution < 1.29 is 19.8 Å². The zero-order valence-electron chi connectivity index (χ0n) is 32.1. The fourth-order valence-electron chi connectivity index (χ4n) is 5.49. The molecule has 274 valence electrons. The Bertz CT molecular complexity index is 544. The number of unbranched alkanes of at least 4 members (excludes halogenated alkanes) is 18. The van der Waals surface area contributed by atoms with Crippen LogP contribution in [-0.2, 0) is 9.59 Å². The van der Waals surface area contributed by atoms with Crippen LogP contribution in [0.15, 0.2) is 0 Å². The molecule has 0 radical (unpaired) electrons. The summed E-state index contributed by atoms with van der Waals surface area (Å²) in [6.45, 7) is 9.03. The molecule has 0 heterocycles. The average Bonchev–Trinajstić information content (AvgIpc) is 3.04. The number of carboxylic acid groups (broad SMARTS) is 2. The summed E-state index contributed by atoms with van der Waals surface area (Å²) in [6, 6.07) is 0.888. The Morgan fingerprint density at radius 1 is 0.500 bits per heavy atom. The van der Waals surface area contributed by atoms with E-state index in [0.717, 1.165) is 31.7 Å². The number of aliphatic carboxylic acids is 2. The molecule has 0 amide bonds. The molecule has 0 spiro atoms. The van der Waals surface area contributed by atoms with Crippen molar-refractivity contribution in [1.82, 2.24) is 4.90 Å². The van der Waals surface area contributed by atoms with Gasteiger partial charge in [-0.15, -0.1) is 0 Å². The molecule has 0 aromatic rings. The van der Waals surface area contributed by atoms with Crippen LogP contribution in [0.5, 0.6) is 0 Å². The van der Waals surface area contributed by atoms with E-state index in [4.69, 9.17) is 0 Å². The van der Waals surface area contributed by atoms with Gasteiger partial charge in [-0.05, 0) is 52.6 Å². The van der Waals surface area contributed by atoms with Gasteiger partial charge in [-0.3, -0.25) is 0 Å². The number of rotatable bonds is 27. The van der Waals surface area contributed by atoms with Crippen LogP contribution in [0.2, 0.25) is 8.87 Å². The van der Waals surface area contributed by atoms with Crippen LogP contribution in [0.25, 0.3) is 0 Å². The molecule has 46 heavy (non-hydrogen) atoms. The second kappa shape index (κ2) is 44.7. The van der Waals surface area contributed by atoms with E-state index in [-0.39, 0.29) is 34.0 Å². The third kappa shape index (κ3) is 50.6. The average molecular weight is 759 g/mol. The summed E-state index contributed by atoms with van der Waals surface area (Å²) in [5.74, 6) is -1.82. The molecule has 1 aliphatic rings. The van der Waals surface area contributed by atoms with Crippen molar-refractivity contribution in [2.24, 2.45) is 0 Å². The van der Waals surface area contributed by atoms with Crippen molar-refractivity contribution in [3.63, 3.8) is 0 Å². The molecule has 0 N–H and O–H groups in total. The van der Waals surface area contributed by atoms with Crippen LogP contribution in [0.4, 0.5) is 0 Å². The molecule has 1 saturated carbocycles. The molecule has 0 aromatic carbocycles. The number of carbonyl (C=O) groups is 2. The Hall–Kier alpha value is -0.301. The summed E-state index contributed by atoms with van der Waals surface area (Å²) < 4.78 is 3.25. The molecule has 1 rings (SSSR count). The summed E-state index contributed by atoms with van der Waals surface area (Å²) in [7, 11) is 4.38. The van der Waals surface area contributed by atoms with Gasteiger partial charge in [0.15, 0.2) is 0 Å². The molecule has 0 bridgehead atoms. The topological polar surface area (TPSA) is 83.5 Å². The van der Waals surface area contributed by atoms with Crippen LogP contribution in [0.3, 0.4) is 0 Å². The number of hydrogen-bond acceptors (Lipinski definition) is 5. The van der Waals surface area contributed by atoms with Gasteiger partial charge in [0, 0.05) is 18.0 Å². The summed E-state index contributed by atoms with van der Waals surface area (Å²) in [4.78, 5) is 22.6. The molecule has 6 heteroatoms. The van der Waals surface area contributed by atoms with E-state index in [0.29, 0.717) is 0 Å². The van der Waals surface area contributed by atoms with Crippen LogP contribution in [0.1, 0.15) is 214 Å². The van der Waals surface area contributed by atoms with Gasteiger partial charge in [0.2, 0.25) is 0 Å². The van der Waals surface area contributed by atoms with E-state index in [9.17, 15) is 19.8 Å². The van der Waals surface area contributed by atoms with Crippen LogP contribution < -0.4 is 10.2 Å². The largest absolute Gasteiger partial charge is 0.306 e. The summed E-state index contributed by atoms with van der Waals surface area (Å²) >= 11 is 0.149. The third-order valence-electron chi connectivity index (χ3n) is 8.69. The van der Waals surface area contributed by atoms with Gasteiger partial charge in [0.05, 0.1) is 0 Å². The predicted molar refractivity (Wildman–Crippen MR) is 199 cm³/mol. The Morgan fingerprint density at radius 3 is 1.07 bits per heavy atom. The number of hydrogen-bond donors (Lipinski definition) is 0. The normalized spacial score (nSPS) is 12.6. The van der Waals surface area contributed by atoms with Crippen LogP contribution in [0, 0.1) is 0 Å². The molecule has 0 unspecified atom stereocenters. The maximum atomic E-state index is 10.1. The first-order valence-electron chi connectivity index (χ1n) is 20.0. The molecule has 1 fully saturated rings. The molecular weight excluding hydrogens is 677 g/mol. The minimum Gasteiger partial charge on any atom is -0.306 e. The Morgan fingerprint density at radius 2 is 0.804 bits per heavy atom. The van der Waals surface area contributed by atoms with Gasteiger partial charge >= 0.3 is 69.5 Å². The Balaban J connectivity index is -0.000000547. The van der Waals surface area contributed by atoms with E-state index in [1.54, 1.807) is 8.87 Å². The van der Waals surface area contributed by atoms with Crippen molar-refractivity contribution in [2.75, 3.05) is 14.1 Å². The zero-order chi connectivity index (χ0) is 34.9. The molecule has 0 aromatic heterocycles. The molecule has 0 aliphatic heterocycles. The first-order chi connectivity index (χ1) is 22.3. The van der Waals surface area contributed by atoms with Gasteiger partial charge in [-0.25, -0.2) is 0 Å². The summed E-state index contributed by atoms with van der Waals surface area (Å²) in [5, 5.41) is 20.2. The van der Waals surface area contributed by atoms with Crippen molar-refractivity contribution >= 4 is 33.1 Å². The standard InChI is InChI=1S/2C12H24O2.C8H17N.2C4H9.Sn/c2*1-2-3-4-5-6-7-8-9-10-11-12(13)14;1-9(2)8-6-4-3-5-7-8;2*1-3-4-2;/h2*2-11H2,1H3,(H,13,14);8H,3-7H2,1-2H3;2*1,3-4H2,2H3;/q;;;;;+2/p-2. The van der Waals surface area contributed by atoms with Crippen LogP contribution in [-0.4, -0.2) is 58.1 Å². The van der Waals surface area contributed by atoms with Gasteiger partial charge in [0.1, 0.15) is 0 Å². The maximum Gasteiger partial charge on any atom is 0.00891 e. The van der Waals surface area contributed by atoms with Gasteiger partial charge in [-0.1, -0.05) is 136 Å². The second-order valence-corrected chi connectivity index (χ2v) is 17.9. The van der Waals surface area contributed by atoms with E-state index in [1.165, 1.54) is 148 Å². The Labute approximate surface area is 299 Å². The quantitative estimate of drug-likeness (QED) is 0.0615. The Kier molecular flexibility index (Phi) is 48.7. The zero-order valence-corrected chi connectivity index (χ0v) is 34.9. The van der Waals surface area contributed by atoms with Crippen molar-refractivity contribution in [2.45, 2.75) is 229 Å². The minimum atomic E-state index is -0.909. The molecular formula is C40H81NO4Sn. The van der Waals surface area contributed by atoms with E-state index < -0.39 is 11.9 Å². The SMILES string of the molecule is CCCCCCCCCCCC(=O)[O-].CCCCCCCCCCCC(=O)[O-].CCC[CH2][Sn+2][CH2]CCC.CN(C)C1CCCCC1. The van der Waals surface area contributed by atoms with Gasteiger partial charge in [-0.2, -0.15) is 0 Å². The van der Waals surface area contributed by atoms with Crippen molar-refractivity contribution in [3.8, 4) is 0 Å². The van der Waals surface area contributed by atoms with Gasteiger partial charge in [0.25, 0.3) is 0 Å². The second-order valence-electron chi connectivity index (χ2n) is 13.6. The summed E-state index contributed by atoms with van der Waals surface area (Å²) in [6.07, 6.45) is 35.4. The summed E-state index contributed by atoms with van der Waals surface area (Å²) in [5.41, 5.74) is 0.